The summed E-state index contributed by atoms with van der Waals surface area (Å²) in [6.45, 7) is 12.7. The van der Waals surface area contributed by atoms with E-state index in [0.29, 0.717) is 164 Å². The Hall–Kier alpha value is -14.9. The van der Waals surface area contributed by atoms with Gasteiger partial charge in [0.15, 0.2) is 62.0 Å². The van der Waals surface area contributed by atoms with Gasteiger partial charge in [0.2, 0.25) is 0 Å². The first-order chi connectivity index (χ1) is 68.8. The summed E-state index contributed by atoms with van der Waals surface area (Å²) in [7, 11) is 0.986. The fourth-order valence-electron chi connectivity index (χ4n) is 15.9. The summed E-state index contributed by atoms with van der Waals surface area (Å²) >= 11 is 0. The van der Waals surface area contributed by atoms with E-state index in [1.165, 1.54) is 10.6 Å². The quantitative estimate of drug-likeness (QED) is 0.0479. The summed E-state index contributed by atoms with van der Waals surface area (Å²) in [5.74, 6) is 4.61. The van der Waals surface area contributed by atoms with Crippen molar-refractivity contribution in [3.05, 3.63) is 382 Å². The van der Waals surface area contributed by atoms with Gasteiger partial charge in [-0.1, -0.05) is 205 Å². The molecular weight excluding hydrogens is 2790 g/mol. The number of fused-ring (bicyclic) bond motifs is 6. The van der Waals surface area contributed by atoms with E-state index in [4.69, 9.17) is 19.9 Å². The minimum atomic E-state index is -0.283. The molecule has 0 radical (unpaired) electrons. The van der Waals surface area contributed by atoms with Gasteiger partial charge in [-0.2, -0.15) is 0 Å². The normalized spacial score (nSPS) is 10.9. The maximum absolute atomic E-state index is 10.6. The summed E-state index contributed by atoms with van der Waals surface area (Å²) in [6, 6.07) is 102. The maximum Gasteiger partial charge on any atom is 0.196 e. The van der Waals surface area contributed by atoms with E-state index in [1.807, 2.05) is 146 Å². The van der Waals surface area contributed by atoms with Gasteiger partial charge in [0.25, 0.3) is 0 Å². The van der Waals surface area contributed by atoms with E-state index >= 15 is 0 Å². The van der Waals surface area contributed by atoms with Crippen LogP contribution in [-0.4, -0.2) is 126 Å². The van der Waals surface area contributed by atoms with Crippen LogP contribution in [0.3, 0.4) is 0 Å². The average Bonchev–Trinajstić information content (AvgIpc) is 0.732. The first-order valence-corrected chi connectivity index (χ1v) is 47.1. The molecule has 0 spiro atoms. The molecule has 25 nitrogen and oxygen atoms in total. The van der Waals surface area contributed by atoms with Gasteiger partial charge in [-0.25, -0.2) is 74.8 Å². The predicted molar refractivity (Wildman–Crippen MR) is 562 cm³/mol. The first-order valence-electron chi connectivity index (χ1n) is 45.1. The average molecular weight is 2880 g/mol. The zero-order valence-corrected chi connectivity index (χ0v) is 92.3. The van der Waals surface area contributed by atoms with Crippen LogP contribution < -0.4 is 0 Å². The molecule has 0 aliphatic rings. The van der Waals surface area contributed by atoms with Gasteiger partial charge in [0.05, 0.1) is 89.9 Å². The van der Waals surface area contributed by atoms with Crippen molar-refractivity contribution in [1.82, 2.24) is 74.8 Å². The molecule has 2 unspecified atom stereocenters. The summed E-state index contributed by atoms with van der Waals surface area (Å²) < 4.78 is 0. The molecule has 12 aromatic carbocycles. The predicted octanol–water partition coefficient (Wildman–Crippen LogP) is 25.9. The second-order valence-electron chi connectivity index (χ2n) is 34.8. The molecule has 0 fully saturated rings. The van der Waals surface area contributed by atoms with Crippen molar-refractivity contribution in [3.63, 3.8) is 0 Å². The van der Waals surface area contributed by atoms with Crippen LogP contribution in [0.1, 0.15) is 52.9 Å². The van der Waals surface area contributed by atoms with Crippen LogP contribution in [0, 0.1) is 0 Å². The number of nitrogens with zero attached hydrogens (tertiary/aromatic N) is 15. The smallest absolute Gasteiger partial charge is 0.196 e. The Morgan fingerprint density at radius 3 is 0.701 bits per heavy atom. The molecule has 0 aliphatic heterocycles. The summed E-state index contributed by atoms with van der Waals surface area (Å²) in [4.78, 5) is 68.8. The van der Waals surface area contributed by atoms with Crippen molar-refractivity contribution in [2.45, 2.75) is 52.4 Å². The molecule has 22 aromatic rings. The fourth-order valence-corrected chi connectivity index (χ4v) is 18.7. The number of aromatic hydroxyl groups is 10. The molecule has 2 atom stereocenters. The number of phenolic OH excluding ortho intramolecular Hbond substituents is 10. The Morgan fingerprint density at radius 1 is 0.184 bits per heavy atom. The van der Waals surface area contributed by atoms with Gasteiger partial charge in [-0.3, -0.25) is 0 Å². The zero-order valence-electron chi connectivity index (χ0n) is 79.0. The minimum absolute atomic E-state index is 0. The molecule has 10 heterocycles. The van der Waals surface area contributed by atoms with Crippen LogP contribution in [0.2, 0.25) is 0 Å². The number of benzene rings is 12. The maximum atomic E-state index is 10.6. The van der Waals surface area contributed by atoms with Crippen molar-refractivity contribution >= 4 is 60.0 Å². The Kier molecular flexibility index (Phi) is 36.4. The third-order valence-electron chi connectivity index (χ3n) is 23.0. The SMILES string of the molecule is CC(C)(C)c1nc(-c2ccccc2O)nc2c1ccc1c(C(C)(C)C)nc(-c3ccccc3O)nc12.Oc1ccccc1-c1cccc(-c2cccc(-c3ccccc3O)[pH+]2)[pH+]1.Oc1ccccc1-c1cccc(-c2ccnc(-c3ccccc3O)n2)n1.Oc1ccccc1-c1ncc2ccc3cnc(-c4ccccc4O)nc3c2n1.Oc1ccccc1-c1nccc(-c2ccnc(-c3ccccc3O)n2)n1.[Pt].[Pt].[Pt].[Pt].[Pt]. The van der Waals surface area contributed by atoms with E-state index in [0.717, 1.165) is 54.7 Å². The van der Waals surface area contributed by atoms with Crippen LogP contribution in [0.5, 0.6) is 57.5 Å². The fraction of sp³-hybridized carbons (Fsp3) is 0.0696. The number of rotatable bonds is 13. The molecule has 0 saturated carbocycles. The van der Waals surface area contributed by atoms with Crippen molar-refractivity contribution < 1.29 is 156 Å². The zero-order chi connectivity index (χ0) is 98.7. The van der Waals surface area contributed by atoms with Gasteiger partial charge >= 0.3 is 0 Å². The van der Waals surface area contributed by atoms with Gasteiger partial charge in [0, 0.05) is 174 Å². The summed E-state index contributed by atoms with van der Waals surface area (Å²) in [5, 5.41) is 110. The first kappa shape index (κ1) is 109. The van der Waals surface area contributed by atoms with E-state index in [2.05, 4.69) is 133 Å². The molecule has 0 aliphatic carbocycles. The van der Waals surface area contributed by atoms with E-state index in [9.17, 15) is 51.1 Å². The van der Waals surface area contributed by atoms with Crippen LogP contribution in [0.25, 0.3) is 190 Å². The molecular formula is C115H91N15O10P2Pt5+2. The number of para-hydroxylation sites is 10. The third kappa shape index (κ3) is 25.1. The van der Waals surface area contributed by atoms with Gasteiger partial charge in [-0.15, -0.1) is 0 Å². The molecule has 744 valence electrons. The van der Waals surface area contributed by atoms with Crippen LogP contribution in [0.15, 0.2) is 371 Å². The third-order valence-corrected chi connectivity index (χ3v) is 26.0. The van der Waals surface area contributed by atoms with Crippen LogP contribution >= 0.6 is 16.4 Å². The number of hydrogen-bond donors (Lipinski definition) is 10. The number of phenols is 10. The number of pyridine rings is 1. The Morgan fingerprint density at radius 2 is 0.415 bits per heavy atom. The van der Waals surface area contributed by atoms with Gasteiger partial charge in [-0.05, 0) is 176 Å². The molecule has 32 heteroatoms. The van der Waals surface area contributed by atoms with Crippen LogP contribution in [0.4, 0.5) is 0 Å². The van der Waals surface area contributed by atoms with E-state index in [1.54, 1.807) is 189 Å². The van der Waals surface area contributed by atoms with Crippen molar-refractivity contribution in [2.24, 2.45) is 0 Å². The topological polar surface area (TPSA) is 396 Å². The van der Waals surface area contributed by atoms with Crippen LogP contribution in [-0.2, 0) is 116 Å². The number of hydrogen-bond acceptors (Lipinski definition) is 25. The van der Waals surface area contributed by atoms with Crippen molar-refractivity contribution in [2.75, 3.05) is 0 Å². The van der Waals surface area contributed by atoms with Crippen molar-refractivity contribution in [1.29, 1.82) is 0 Å². The Bertz CT molecular complexity index is 7620. The summed E-state index contributed by atoms with van der Waals surface area (Å²) in [5.41, 5.74) is 13.3. The molecule has 22 rings (SSSR count). The monoisotopic (exact) mass is 2880 g/mol. The summed E-state index contributed by atoms with van der Waals surface area (Å²) in [6.07, 6.45) is 8.30. The van der Waals surface area contributed by atoms with Gasteiger partial charge in [0.1, 0.15) is 95.9 Å². The molecule has 10 N–H and O–H groups in total. The number of aromatic nitrogens is 15. The largest absolute Gasteiger partial charge is 0.507 e. The minimum Gasteiger partial charge on any atom is -0.507 e. The standard InChI is InChI=1S/C30H30N4O2.C22H14N4O2.C22H16O2P2.C21H15N3O2.C20H14N4O2.5Pt/c1-29(2,3)25-19-15-16-20-24(23(19)31-27(33-25)17-11-7-9-13-21(17)35)32-28(34-26(20)30(4,5)6)18-12-8-10-14-22(18)36;27-17-7-3-1-5-15(17)21-23-11-13-9-10-14-12-24-22(26-20(14)19(13)25-21)16-6-2-4-8-18(16)28;23-17-9-3-1-7-15(17)19-11-5-13-21(25-19)22-14-6-12-20(26-22)16-8-2-4-10-18(16)24;25-19-10-3-1-6-14(19)16-8-5-9-17(23-16)18-12-13-22-21(24-18)15-7-2-4-11-20(15)26;25-17-7-3-1-5-13(17)19-21-11-9-15(23-19)16-10-12-22-20(24-16)14-6-2-4-8-18(14)26;;;;;/h7-16,35-36H,1-6H3;1-12,27-28H;1-14,23-24H;1-13,25-26H;1-12,25-26H;;;;;/p+2. The Balaban J connectivity index is 0.000000153. The molecule has 0 bridgehead atoms. The molecule has 10 aromatic heterocycles. The molecule has 0 amide bonds. The van der Waals surface area contributed by atoms with Gasteiger partial charge < -0.3 is 51.1 Å². The van der Waals surface area contributed by atoms with E-state index in [-0.39, 0.29) is 162 Å². The molecule has 0 saturated heterocycles. The Labute approximate surface area is 920 Å². The van der Waals surface area contributed by atoms with Crippen molar-refractivity contribution in [3.8, 4) is 204 Å². The second kappa shape index (κ2) is 48.9. The molecule has 147 heavy (non-hydrogen) atoms. The van der Waals surface area contributed by atoms with E-state index < -0.39 is 0 Å². The second-order valence-corrected chi connectivity index (χ2v) is 37.5.